The predicted octanol–water partition coefficient (Wildman–Crippen LogP) is 2.56. The molecule has 1 aromatic carbocycles. The predicted molar refractivity (Wildman–Crippen MR) is 62.0 cm³/mol. The van der Waals surface area contributed by atoms with E-state index in [9.17, 15) is 0 Å². The summed E-state index contributed by atoms with van der Waals surface area (Å²) in [7, 11) is 0. The van der Waals surface area contributed by atoms with Gasteiger partial charge in [0.05, 0.1) is 6.10 Å². The van der Waals surface area contributed by atoms with Gasteiger partial charge in [-0.25, -0.2) is 0 Å². The van der Waals surface area contributed by atoms with Crippen LogP contribution in [0.2, 0.25) is 0 Å². The molecule has 0 aromatic heterocycles. The molecule has 2 heteroatoms. The zero-order chi connectivity index (χ0) is 11.5. The maximum absolute atomic E-state index is 8.96. The third-order valence-corrected chi connectivity index (χ3v) is 2.16. The second-order valence-electron chi connectivity index (χ2n) is 4.74. The number of rotatable bonds is 3. The summed E-state index contributed by atoms with van der Waals surface area (Å²) in [4.78, 5) is 0. The molecule has 1 atom stereocenters. The van der Waals surface area contributed by atoms with E-state index in [0.29, 0.717) is 0 Å². The Morgan fingerprint density at radius 3 is 2.20 bits per heavy atom. The molecule has 0 spiro atoms. The van der Waals surface area contributed by atoms with E-state index in [-0.39, 0.29) is 12.0 Å². The topological polar surface area (TPSA) is 29.5 Å². The van der Waals surface area contributed by atoms with Crippen LogP contribution in [-0.4, -0.2) is 17.8 Å². The van der Waals surface area contributed by atoms with Crippen LogP contribution in [0, 0.1) is 6.92 Å². The SMILES string of the molecule is [CH2]C(O)COc1ccc(C(C)(C)C)cc1. The lowest BCUT2D eigenvalue weighted by atomic mass is 9.87. The van der Waals surface area contributed by atoms with Gasteiger partial charge in [-0.05, 0) is 30.0 Å². The largest absolute Gasteiger partial charge is 0.491 e. The Morgan fingerprint density at radius 1 is 1.27 bits per heavy atom. The first-order valence-electron chi connectivity index (χ1n) is 5.14. The van der Waals surface area contributed by atoms with E-state index < -0.39 is 6.10 Å². The number of benzene rings is 1. The Hall–Kier alpha value is -1.02. The highest BCUT2D eigenvalue weighted by Gasteiger charge is 2.12. The fourth-order valence-electron chi connectivity index (χ4n) is 1.24. The highest BCUT2D eigenvalue weighted by Crippen LogP contribution is 2.24. The van der Waals surface area contributed by atoms with Crippen LogP contribution in [0.25, 0.3) is 0 Å². The summed E-state index contributed by atoms with van der Waals surface area (Å²) in [6.45, 7) is 10.2. The smallest absolute Gasteiger partial charge is 0.119 e. The summed E-state index contributed by atoms with van der Waals surface area (Å²) in [5, 5.41) is 8.96. The molecule has 0 fully saturated rings. The molecular formula is C13H19O2. The molecule has 0 aliphatic carbocycles. The Balaban J connectivity index is 2.65. The van der Waals surface area contributed by atoms with Crippen LogP contribution in [0.4, 0.5) is 0 Å². The highest BCUT2D eigenvalue weighted by molar-refractivity contribution is 5.31. The highest BCUT2D eigenvalue weighted by atomic mass is 16.5. The second-order valence-corrected chi connectivity index (χ2v) is 4.74. The average molecular weight is 207 g/mol. The van der Waals surface area contributed by atoms with Gasteiger partial charge in [-0.2, -0.15) is 0 Å². The van der Waals surface area contributed by atoms with Crippen molar-refractivity contribution >= 4 is 0 Å². The summed E-state index contributed by atoms with van der Waals surface area (Å²) in [5.41, 5.74) is 1.43. The van der Waals surface area contributed by atoms with Gasteiger partial charge in [0.2, 0.25) is 0 Å². The summed E-state index contributed by atoms with van der Waals surface area (Å²) in [6, 6.07) is 7.93. The minimum atomic E-state index is -0.674. The zero-order valence-electron chi connectivity index (χ0n) is 9.66. The van der Waals surface area contributed by atoms with E-state index in [1.54, 1.807) is 0 Å². The molecule has 1 unspecified atom stereocenters. The lowest BCUT2D eigenvalue weighted by Gasteiger charge is -2.19. The average Bonchev–Trinajstić information content (AvgIpc) is 2.14. The van der Waals surface area contributed by atoms with Gasteiger partial charge < -0.3 is 9.84 Å². The van der Waals surface area contributed by atoms with Gasteiger partial charge in [0.1, 0.15) is 12.4 Å². The summed E-state index contributed by atoms with van der Waals surface area (Å²) < 4.78 is 5.32. The van der Waals surface area contributed by atoms with E-state index >= 15 is 0 Å². The molecule has 0 saturated heterocycles. The first-order valence-corrected chi connectivity index (χ1v) is 5.14. The van der Waals surface area contributed by atoms with Gasteiger partial charge in [-0.15, -0.1) is 0 Å². The summed E-state index contributed by atoms with van der Waals surface area (Å²) in [5.74, 6) is 0.769. The van der Waals surface area contributed by atoms with Crippen molar-refractivity contribution in [1.82, 2.24) is 0 Å². The van der Waals surface area contributed by atoms with Crippen molar-refractivity contribution in [2.24, 2.45) is 0 Å². The molecule has 83 valence electrons. The molecule has 0 bridgehead atoms. The molecule has 0 aliphatic rings. The maximum atomic E-state index is 8.96. The van der Waals surface area contributed by atoms with Crippen LogP contribution >= 0.6 is 0 Å². The molecule has 1 rings (SSSR count). The zero-order valence-corrected chi connectivity index (χ0v) is 9.66. The van der Waals surface area contributed by atoms with Gasteiger partial charge in [0.15, 0.2) is 0 Å². The van der Waals surface area contributed by atoms with Crippen LogP contribution in [0.1, 0.15) is 26.3 Å². The van der Waals surface area contributed by atoms with Crippen LogP contribution in [-0.2, 0) is 5.41 Å². The van der Waals surface area contributed by atoms with Crippen molar-refractivity contribution < 1.29 is 9.84 Å². The molecule has 15 heavy (non-hydrogen) atoms. The number of aliphatic hydroxyl groups is 1. The standard InChI is InChI=1S/C13H19O2/c1-10(14)9-15-12-7-5-11(6-8-12)13(2,3)4/h5-8,10,14H,1,9H2,2-4H3. The van der Waals surface area contributed by atoms with E-state index in [1.165, 1.54) is 5.56 Å². The Labute approximate surface area is 91.9 Å². The van der Waals surface area contributed by atoms with Crippen LogP contribution in [0.5, 0.6) is 5.75 Å². The van der Waals surface area contributed by atoms with Crippen molar-refractivity contribution in [3.63, 3.8) is 0 Å². The van der Waals surface area contributed by atoms with Crippen LogP contribution in [0.15, 0.2) is 24.3 Å². The molecule has 0 amide bonds. The van der Waals surface area contributed by atoms with Crippen molar-refractivity contribution in [3.8, 4) is 5.75 Å². The van der Waals surface area contributed by atoms with E-state index in [4.69, 9.17) is 9.84 Å². The lowest BCUT2D eigenvalue weighted by molar-refractivity contribution is 0.142. The maximum Gasteiger partial charge on any atom is 0.119 e. The quantitative estimate of drug-likeness (QED) is 0.825. The van der Waals surface area contributed by atoms with Crippen molar-refractivity contribution in [3.05, 3.63) is 36.8 Å². The monoisotopic (exact) mass is 207 g/mol. The molecule has 0 aliphatic heterocycles. The van der Waals surface area contributed by atoms with Crippen molar-refractivity contribution in [2.45, 2.75) is 32.3 Å². The minimum absolute atomic E-state index is 0.157. The van der Waals surface area contributed by atoms with Crippen LogP contribution < -0.4 is 4.74 Å². The van der Waals surface area contributed by atoms with Gasteiger partial charge in [-0.1, -0.05) is 32.9 Å². The van der Waals surface area contributed by atoms with Gasteiger partial charge in [-0.3, -0.25) is 0 Å². The second kappa shape index (κ2) is 4.67. The van der Waals surface area contributed by atoms with Crippen molar-refractivity contribution in [1.29, 1.82) is 0 Å². The Bertz CT molecular complexity index is 293. The van der Waals surface area contributed by atoms with Gasteiger partial charge in [0, 0.05) is 0 Å². The van der Waals surface area contributed by atoms with Crippen LogP contribution in [0.3, 0.4) is 0 Å². The number of hydrogen-bond donors (Lipinski definition) is 1. The number of ether oxygens (including phenoxy) is 1. The van der Waals surface area contributed by atoms with Crippen molar-refractivity contribution in [2.75, 3.05) is 6.61 Å². The van der Waals surface area contributed by atoms with Gasteiger partial charge >= 0.3 is 0 Å². The summed E-state index contributed by atoms with van der Waals surface area (Å²) in [6.07, 6.45) is -0.674. The van der Waals surface area contributed by atoms with E-state index in [0.717, 1.165) is 5.75 Å². The van der Waals surface area contributed by atoms with Gasteiger partial charge in [0.25, 0.3) is 0 Å². The molecule has 2 nitrogen and oxygen atoms in total. The normalized spacial score (nSPS) is 13.7. The fourth-order valence-corrected chi connectivity index (χ4v) is 1.24. The third kappa shape index (κ3) is 3.92. The van der Waals surface area contributed by atoms with E-state index in [1.807, 2.05) is 24.3 Å². The molecule has 0 saturated carbocycles. The minimum Gasteiger partial charge on any atom is -0.491 e. The molecular weight excluding hydrogens is 188 g/mol. The Morgan fingerprint density at radius 2 is 1.80 bits per heavy atom. The lowest BCUT2D eigenvalue weighted by Crippen LogP contribution is -2.14. The molecule has 1 aromatic rings. The number of hydrogen-bond acceptors (Lipinski definition) is 2. The fraction of sp³-hybridized carbons (Fsp3) is 0.462. The molecule has 1 radical (unpaired) electrons. The first-order chi connectivity index (χ1) is 6.89. The van der Waals surface area contributed by atoms with E-state index in [2.05, 4.69) is 27.7 Å². The third-order valence-electron chi connectivity index (χ3n) is 2.16. The molecule has 1 N–H and O–H groups in total. The summed E-state index contributed by atoms with van der Waals surface area (Å²) >= 11 is 0. The molecule has 0 heterocycles. The Kier molecular flexibility index (Phi) is 3.75. The number of aliphatic hydroxyl groups excluding tert-OH is 1. The first kappa shape index (κ1) is 12.1.